The summed E-state index contributed by atoms with van der Waals surface area (Å²) < 4.78 is 13.3. The SMILES string of the molecule is N#CCCCNC(=O)c1c(F)cccc1Cl. The van der Waals surface area contributed by atoms with Gasteiger partial charge in [0.05, 0.1) is 16.7 Å². The summed E-state index contributed by atoms with van der Waals surface area (Å²) in [5.41, 5.74) is -0.152. The lowest BCUT2D eigenvalue weighted by Gasteiger charge is -2.06. The molecule has 1 rings (SSSR count). The summed E-state index contributed by atoms with van der Waals surface area (Å²) in [5, 5.41) is 10.9. The molecule has 0 saturated heterocycles. The minimum absolute atomic E-state index is 0.0813. The molecule has 0 aliphatic heterocycles. The molecule has 1 aromatic carbocycles. The number of carbonyl (C=O) groups excluding carboxylic acids is 1. The summed E-state index contributed by atoms with van der Waals surface area (Å²) in [7, 11) is 0. The molecule has 0 saturated carbocycles. The average Bonchev–Trinajstić information content (AvgIpc) is 2.24. The molecular formula is C11H10ClFN2O. The quantitative estimate of drug-likeness (QED) is 0.823. The van der Waals surface area contributed by atoms with Gasteiger partial charge in [-0.05, 0) is 18.6 Å². The highest BCUT2D eigenvalue weighted by molar-refractivity contribution is 6.33. The van der Waals surface area contributed by atoms with Crippen LogP contribution >= 0.6 is 11.6 Å². The molecule has 0 atom stereocenters. The fourth-order valence-electron chi connectivity index (χ4n) is 1.17. The van der Waals surface area contributed by atoms with Crippen molar-refractivity contribution in [2.45, 2.75) is 12.8 Å². The number of nitriles is 1. The Bertz CT molecular complexity index is 408. The molecule has 0 aliphatic rings. The van der Waals surface area contributed by atoms with Gasteiger partial charge in [-0.15, -0.1) is 0 Å². The van der Waals surface area contributed by atoms with Gasteiger partial charge in [0.2, 0.25) is 0 Å². The molecule has 0 bridgehead atoms. The molecule has 0 heterocycles. The van der Waals surface area contributed by atoms with Crippen molar-refractivity contribution in [1.29, 1.82) is 5.26 Å². The van der Waals surface area contributed by atoms with E-state index in [9.17, 15) is 9.18 Å². The second-order valence-electron chi connectivity index (χ2n) is 3.11. The number of amides is 1. The zero-order valence-corrected chi connectivity index (χ0v) is 9.22. The number of rotatable bonds is 4. The van der Waals surface area contributed by atoms with E-state index in [4.69, 9.17) is 16.9 Å². The van der Waals surface area contributed by atoms with Crippen LogP contribution in [0.3, 0.4) is 0 Å². The molecule has 84 valence electrons. The Kier molecular flexibility index (Phi) is 4.74. The van der Waals surface area contributed by atoms with E-state index in [0.29, 0.717) is 19.4 Å². The van der Waals surface area contributed by atoms with Gasteiger partial charge in [-0.25, -0.2) is 4.39 Å². The smallest absolute Gasteiger partial charge is 0.255 e. The predicted molar refractivity (Wildman–Crippen MR) is 58.6 cm³/mol. The highest BCUT2D eigenvalue weighted by Gasteiger charge is 2.14. The van der Waals surface area contributed by atoms with Gasteiger partial charge in [0.15, 0.2) is 0 Å². The molecule has 1 amide bonds. The maximum absolute atomic E-state index is 13.3. The third kappa shape index (κ3) is 3.21. The summed E-state index contributed by atoms with van der Waals surface area (Å²) in [6, 6.07) is 6.02. The molecule has 0 aromatic heterocycles. The standard InChI is InChI=1S/C11H10ClFN2O/c12-8-4-3-5-9(13)10(8)11(16)15-7-2-1-6-14/h3-5H,1-2,7H2,(H,15,16). The zero-order valence-electron chi connectivity index (χ0n) is 8.46. The van der Waals surface area contributed by atoms with Crippen LogP contribution in [0.4, 0.5) is 4.39 Å². The molecule has 1 aromatic rings. The normalized spacial score (nSPS) is 9.56. The van der Waals surface area contributed by atoms with E-state index in [1.54, 1.807) is 0 Å². The van der Waals surface area contributed by atoms with Crippen LogP contribution in [0.1, 0.15) is 23.2 Å². The highest BCUT2D eigenvalue weighted by atomic mass is 35.5. The number of carbonyl (C=O) groups is 1. The van der Waals surface area contributed by atoms with Crippen LogP contribution < -0.4 is 5.32 Å². The second kappa shape index (κ2) is 6.09. The first-order valence-electron chi connectivity index (χ1n) is 4.76. The van der Waals surface area contributed by atoms with Crippen LogP contribution in [-0.4, -0.2) is 12.5 Å². The van der Waals surface area contributed by atoms with Crippen molar-refractivity contribution in [3.05, 3.63) is 34.6 Å². The number of benzene rings is 1. The van der Waals surface area contributed by atoms with Gasteiger partial charge in [-0.3, -0.25) is 4.79 Å². The van der Waals surface area contributed by atoms with E-state index in [0.717, 1.165) is 0 Å². The fourth-order valence-corrected chi connectivity index (χ4v) is 1.42. The summed E-state index contributed by atoms with van der Waals surface area (Å²) in [5.74, 6) is -1.20. The van der Waals surface area contributed by atoms with Gasteiger partial charge < -0.3 is 5.32 Å². The van der Waals surface area contributed by atoms with Crippen molar-refractivity contribution in [2.24, 2.45) is 0 Å². The minimum atomic E-state index is -0.648. The first-order valence-corrected chi connectivity index (χ1v) is 5.13. The second-order valence-corrected chi connectivity index (χ2v) is 3.52. The van der Waals surface area contributed by atoms with Gasteiger partial charge >= 0.3 is 0 Å². The summed E-state index contributed by atoms with van der Waals surface area (Å²) in [6.07, 6.45) is 0.888. The number of unbranched alkanes of at least 4 members (excludes halogenated alkanes) is 1. The predicted octanol–water partition coefficient (Wildman–Crippen LogP) is 2.51. The van der Waals surface area contributed by atoms with Crippen LogP contribution in [0, 0.1) is 17.1 Å². The zero-order chi connectivity index (χ0) is 12.0. The lowest BCUT2D eigenvalue weighted by atomic mass is 10.2. The Hall–Kier alpha value is -1.60. The maximum Gasteiger partial charge on any atom is 0.255 e. The molecule has 5 heteroatoms. The van der Waals surface area contributed by atoms with Gasteiger partial charge in [-0.1, -0.05) is 17.7 Å². The van der Waals surface area contributed by atoms with Crippen LogP contribution in [-0.2, 0) is 0 Å². The summed E-state index contributed by atoms with van der Waals surface area (Å²) in [6.45, 7) is 0.330. The molecular weight excluding hydrogens is 231 g/mol. The van der Waals surface area contributed by atoms with Crippen LogP contribution in [0.5, 0.6) is 0 Å². The number of nitrogens with zero attached hydrogens (tertiary/aromatic N) is 1. The van der Waals surface area contributed by atoms with Gasteiger partial charge in [0, 0.05) is 13.0 Å². The topological polar surface area (TPSA) is 52.9 Å². The van der Waals surface area contributed by atoms with E-state index >= 15 is 0 Å². The first kappa shape index (κ1) is 12.5. The molecule has 0 aliphatic carbocycles. The number of nitrogens with one attached hydrogen (secondary N) is 1. The van der Waals surface area contributed by atoms with Gasteiger partial charge in [0.25, 0.3) is 5.91 Å². The number of halogens is 2. The number of hydrogen-bond acceptors (Lipinski definition) is 2. The Morgan fingerprint density at radius 1 is 1.56 bits per heavy atom. The van der Waals surface area contributed by atoms with Gasteiger partial charge in [-0.2, -0.15) is 5.26 Å². The maximum atomic E-state index is 13.3. The van der Waals surface area contributed by atoms with Crippen LogP contribution in [0.25, 0.3) is 0 Å². The Morgan fingerprint density at radius 2 is 2.31 bits per heavy atom. The first-order chi connectivity index (χ1) is 7.66. The largest absolute Gasteiger partial charge is 0.352 e. The van der Waals surface area contributed by atoms with Crippen molar-refractivity contribution in [3.63, 3.8) is 0 Å². The third-order valence-electron chi connectivity index (χ3n) is 1.94. The average molecular weight is 241 g/mol. The van der Waals surface area contributed by atoms with E-state index in [1.165, 1.54) is 18.2 Å². The molecule has 0 spiro atoms. The van der Waals surface area contributed by atoms with E-state index in [-0.39, 0.29) is 10.6 Å². The fraction of sp³-hybridized carbons (Fsp3) is 0.273. The molecule has 0 fully saturated rings. The Morgan fingerprint density at radius 3 is 2.94 bits per heavy atom. The van der Waals surface area contributed by atoms with Crippen LogP contribution in [0.15, 0.2) is 18.2 Å². The van der Waals surface area contributed by atoms with Gasteiger partial charge in [0.1, 0.15) is 5.82 Å². The molecule has 0 unspecified atom stereocenters. The minimum Gasteiger partial charge on any atom is -0.352 e. The van der Waals surface area contributed by atoms with Crippen molar-refractivity contribution in [3.8, 4) is 6.07 Å². The summed E-state index contributed by atoms with van der Waals surface area (Å²) in [4.78, 5) is 11.5. The monoisotopic (exact) mass is 240 g/mol. The van der Waals surface area contributed by atoms with E-state index in [1.807, 2.05) is 6.07 Å². The lowest BCUT2D eigenvalue weighted by Crippen LogP contribution is -2.25. The number of hydrogen-bond donors (Lipinski definition) is 1. The molecule has 0 radical (unpaired) electrons. The Balaban J connectivity index is 2.63. The van der Waals surface area contributed by atoms with Crippen molar-refractivity contribution < 1.29 is 9.18 Å². The molecule has 3 nitrogen and oxygen atoms in total. The van der Waals surface area contributed by atoms with Crippen molar-refractivity contribution >= 4 is 17.5 Å². The third-order valence-corrected chi connectivity index (χ3v) is 2.26. The molecule has 16 heavy (non-hydrogen) atoms. The van der Waals surface area contributed by atoms with E-state index < -0.39 is 11.7 Å². The van der Waals surface area contributed by atoms with E-state index in [2.05, 4.69) is 5.32 Å². The lowest BCUT2D eigenvalue weighted by molar-refractivity contribution is 0.0949. The van der Waals surface area contributed by atoms with Crippen LogP contribution in [0.2, 0.25) is 5.02 Å². The van der Waals surface area contributed by atoms with Crippen molar-refractivity contribution in [1.82, 2.24) is 5.32 Å². The highest BCUT2D eigenvalue weighted by Crippen LogP contribution is 2.18. The molecule has 1 N–H and O–H groups in total. The Labute approximate surface area is 97.8 Å². The summed E-state index contributed by atoms with van der Waals surface area (Å²) >= 11 is 5.71. The van der Waals surface area contributed by atoms with Crippen molar-refractivity contribution in [2.75, 3.05) is 6.54 Å².